The summed E-state index contributed by atoms with van der Waals surface area (Å²) in [6, 6.07) is 8.59. The number of rotatable bonds is 1. The molecule has 1 aromatic carbocycles. The van der Waals surface area contributed by atoms with E-state index in [-0.39, 0.29) is 0 Å². The van der Waals surface area contributed by atoms with Gasteiger partial charge in [-0.3, -0.25) is 0 Å². The molecule has 0 spiro atoms. The summed E-state index contributed by atoms with van der Waals surface area (Å²) >= 11 is 0. The highest BCUT2D eigenvalue weighted by Gasteiger charge is 2.23. The molecule has 0 radical (unpaired) electrons. The maximum absolute atomic E-state index is 6.11. The third-order valence-electron chi connectivity index (χ3n) is 5.01. The molecule has 0 amide bonds. The third-order valence-corrected chi connectivity index (χ3v) is 5.01. The maximum Gasteiger partial charge on any atom is 0.222 e. The zero-order valence-corrected chi connectivity index (χ0v) is 14.1. The summed E-state index contributed by atoms with van der Waals surface area (Å²) in [6.07, 6.45) is 5.52. The first-order valence-electron chi connectivity index (χ1n) is 9.03. The number of benzene rings is 1. The Morgan fingerprint density at radius 3 is 2.58 bits per heavy atom. The van der Waals surface area contributed by atoms with Crippen molar-refractivity contribution in [2.24, 2.45) is 0 Å². The Kier molecular flexibility index (Phi) is 4.34. The molecule has 0 saturated carbocycles. The molecule has 1 aliphatic heterocycles. The summed E-state index contributed by atoms with van der Waals surface area (Å²) in [5.41, 5.74) is 11.0. The SMILES string of the molecule is Nc1nc2c(c(N3CCCNCCC3)n1)CCCc1ccccc1-2. The number of nitrogens with zero attached hydrogens (tertiary/aromatic N) is 3. The molecule has 1 aromatic heterocycles. The van der Waals surface area contributed by atoms with Gasteiger partial charge in [0, 0.05) is 24.2 Å². The second-order valence-corrected chi connectivity index (χ2v) is 6.69. The number of hydrogen-bond acceptors (Lipinski definition) is 5. The molecule has 0 bridgehead atoms. The fourth-order valence-corrected chi connectivity index (χ4v) is 3.87. The lowest BCUT2D eigenvalue weighted by Crippen LogP contribution is -2.35. The lowest BCUT2D eigenvalue weighted by Gasteiger charge is -2.28. The number of aryl methyl sites for hydroxylation is 1. The highest BCUT2D eigenvalue weighted by molar-refractivity contribution is 5.74. The van der Waals surface area contributed by atoms with Crippen molar-refractivity contribution in [3.05, 3.63) is 35.4 Å². The van der Waals surface area contributed by atoms with Crippen molar-refractivity contribution >= 4 is 11.8 Å². The molecule has 2 aliphatic rings. The third kappa shape index (κ3) is 2.96. The van der Waals surface area contributed by atoms with Crippen molar-refractivity contribution in [2.75, 3.05) is 36.8 Å². The van der Waals surface area contributed by atoms with Gasteiger partial charge in [-0.25, -0.2) is 4.98 Å². The highest BCUT2D eigenvalue weighted by atomic mass is 15.2. The molecule has 2 heterocycles. The van der Waals surface area contributed by atoms with Crippen LogP contribution in [0.5, 0.6) is 0 Å². The monoisotopic (exact) mass is 323 g/mol. The molecule has 1 saturated heterocycles. The van der Waals surface area contributed by atoms with E-state index in [4.69, 9.17) is 5.73 Å². The van der Waals surface area contributed by atoms with Crippen LogP contribution in [0, 0.1) is 0 Å². The standard InChI is InChI=1S/C19H25N5/c20-19-22-17-15-8-2-1-6-14(15)7-3-9-16(17)18(23-19)24-12-4-10-21-11-5-13-24/h1-2,6,8,21H,3-5,7,9-13H2,(H2,20,22,23). The smallest absolute Gasteiger partial charge is 0.222 e. The normalized spacial score (nSPS) is 18.1. The minimum absolute atomic E-state index is 0.389. The van der Waals surface area contributed by atoms with Gasteiger partial charge in [-0.15, -0.1) is 0 Å². The van der Waals surface area contributed by atoms with Gasteiger partial charge in [-0.1, -0.05) is 24.3 Å². The first-order chi connectivity index (χ1) is 11.8. The van der Waals surface area contributed by atoms with Gasteiger partial charge in [-0.2, -0.15) is 4.98 Å². The van der Waals surface area contributed by atoms with Crippen molar-refractivity contribution in [3.8, 4) is 11.3 Å². The molecular weight excluding hydrogens is 298 g/mol. The van der Waals surface area contributed by atoms with E-state index in [1.807, 2.05) is 0 Å². The largest absolute Gasteiger partial charge is 0.368 e. The number of nitrogens with two attached hydrogens (primary N) is 1. The van der Waals surface area contributed by atoms with E-state index < -0.39 is 0 Å². The number of nitrogen functional groups attached to an aromatic ring is 1. The number of fused-ring (bicyclic) bond motifs is 3. The van der Waals surface area contributed by atoms with E-state index in [0.29, 0.717) is 5.95 Å². The first-order valence-corrected chi connectivity index (χ1v) is 9.03. The number of nitrogens with one attached hydrogen (secondary N) is 1. The molecule has 4 rings (SSSR count). The molecule has 126 valence electrons. The molecule has 0 unspecified atom stereocenters. The predicted molar refractivity (Wildman–Crippen MR) is 98.2 cm³/mol. The highest BCUT2D eigenvalue weighted by Crippen LogP contribution is 2.36. The van der Waals surface area contributed by atoms with Crippen molar-refractivity contribution in [1.29, 1.82) is 0 Å². The van der Waals surface area contributed by atoms with Crippen LogP contribution in [0.3, 0.4) is 0 Å². The molecule has 24 heavy (non-hydrogen) atoms. The fraction of sp³-hybridized carbons (Fsp3) is 0.474. The zero-order chi connectivity index (χ0) is 16.4. The van der Waals surface area contributed by atoms with Gasteiger partial charge in [0.25, 0.3) is 0 Å². The Bertz CT molecular complexity index is 720. The first kappa shape index (κ1) is 15.4. The number of aromatic nitrogens is 2. The van der Waals surface area contributed by atoms with Crippen LogP contribution in [0.2, 0.25) is 0 Å². The van der Waals surface area contributed by atoms with E-state index in [1.54, 1.807) is 0 Å². The van der Waals surface area contributed by atoms with Crippen LogP contribution in [0.1, 0.15) is 30.4 Å². The minimum atomic E-state index is 0.389. The van der Waals surface area contributed by atoms with Crippen LogP contribution >= 0.6 is 0 Å². The molecule has 1 aliphatic carbocycles. The molecule has 1 fully saturated rings. The predicted octanol–water partition coefficient (Wildman–Crippen LogP) is 2.40. The van der Waals surface area contributed by atoms with Gasteiger partial charge in [-0.05, 0) is 50.8 Å². The summed E-state index contributed by atoms with van der Waals surface area (Å²) in [5, 5.41) is 3.47. The van der Waals surface area contributed by atoms with Crippen LogP contribution in [0.4, 0.5) is 11.8 Å². The zero-order valence-electron chi connectivity index (χ0n) is 14.1. The van der Waals surface area contributed by atoms with Crippen LogP contribution in [0.25, 0.3) is 11.3 Å². The van der Waals surface area contributed by atoms with Gasteiger partial charge >= 0.3 is 0 Å². The maximum atomic E-state index is 6.11. The van der Waals surface area contributed by atoms with E-state index >= 15 is 0 Å². The Morgan fingerprint density at radius 2 is 1.75 bits per heavy atom. The molecular formula is C19H25N5. The van der Waals surface area contributed by atoms with Gasteiger partial charge in [0.1, 0.15) is 5.82 Å². The molecule has 2 aromatic rings. The quantitative estimate of drug-likeness (QED) is 0.843. The minimum Gasteiger partial charge on any atom is -0.368 e. The number of hydrogen-bond donors (Lipinski definition) is 2. The summed E-state index contributed by atoms with van der Waals surface area (Å²) in [5.74, 6) is 1.46. The average molecular weight is 323 g/mol. The van der Waals surface area contributed by atoms with Crippen LogP contribution in [-0.4, -0.2) is 36.1 Å². The summed E-state index contributed by atoms with van der Waals surface area (Å²) < 4.78 is 0. The van der Waals surface area contributed by atoms with Gasteiger partial charge < -0.3 is 16.0 Å². The summed E-state index contributed by atoms with van der Waals surface area (Å²) in [7, 11) is 0. The fourth-order valence-electron chi connectivity index (χ4n) is 3.87. The van der Waals surface area contributed by atoms with Crippen molar-refractivity contribution in [2.45, 2.75) is 32.1 Å². The Morgan fingerprint density at radius 1 is 0.958 bits per heavy atom. The lowest BCUT2D eigenvalue weighted by molar-refractivity contribution is 0.563. The summed E-state index contributed by atoms with van der Waals surface area (Å²) in [4.78, 5) is 11.7. The molecule has 0 atom stereocenters. The Balaban J connectivity index is 1.81. The molecule has 5 nitrogen and oxygen atoms in total. The van der Waals surface area contributed by atoms with Crippen molar-refractivity contribution in [1.82, 2.24) is 15.3 Å². The van der Waals surface area contributed by atoms with Crippen LogP contribution in [0.15, 0.2) is 24.3 Å². The van der Waals surface area contributed by atoms with Gasteiger partial charge in [0.05, 0.1) is 5.69 Å². The van der Waals surface area contributed by atoms with E-state index in [2.05, 4.69) is 44.5 Å². The van der Waals surface area contributed by atoms with E-state index in [0.717, 1.165) is 69.8 Å². The average Bonchev–Trinajstić information content (AvgIpc) is 2.74. The van der Waals surface area contributed by atoms with Gasteiger partial charge in [0.15, 0.2) is 0 Å². The van der Waals surface area contributed by atoms with Gasteiger partial charge in [0.2, 0.25) is 5.95 Å². The van der Waals surface area contributed by atoms with E-state index in [9.17, 15) is 0 Å². The van der Waals surface area contributed by atoms with E-state index in [1.165, 1.54) is 16.7 Å². The molecule has 5 heteroatoms. The lowest BCUT2D eigenvalue weighted by atomic mass is 10.0. The van der Waals surface area contributed by atoms with Crippen molar-refractivity contribution < 1.29 is 0 Å². The Hall–Kier alpha value is -2.14. The summed E-state index contributed by atoms with van der Waals surface area (Å²) in [6.45, 7) is 4.19. The topological polar surface area (TPSA) is 67.1 Å². The van der Waals surface area contributed by atoms with Crippen molar-refractivity contribution in [3.63, 3.8) is 0 Å². The number of anilines is 2. The second kappa shape index (κ2) is 6.77. The van der Waals surface area contributed by atoms with Crippen LogP contribution < -0.4 is 16.0 Å². The van der Waals surface area contributed by atoms with Crippen LogP contribution in [-0.2, 0) is 12.8 Å². The second-order valence-electron chi connectivity index (χ2n) is 6.69. The Labute approximate surface area is 143 Å². The molecule has 3 N–H and O–H groups in total.